The maximum absolute atomic E-state index is 13.4. The molecule has 10 heteroatoms. The average molecular weight is 1090 g/mol. The molecule has 0 rings (SSSR count). The molecule has 0 spiro atoms. The van der Waals surface area contributed by atoms with Gasteiger partial charge < -0.3 is 20.4 Å². The lowest BCUT2D eigenvalue weighted by Gasteiger charge is -2.27. The van der Waals surface area contributed by atoms with E-state index in [2.05, 4.69) is 37.5 Å². The number of hydrogen-bond donors (Lipinski definition) is 4. The lowest BCUT2D eigenvalue weighted by atomic mass is 10.0. The van der Waals surface area contributed by atoms with E-state index in [1.54, 1.807) is 0 Å². The van der Waals surface area contributed by atoms with E-state index >= 15 is 0 Å². The van der Waals surface area contributed by atoms with Crippen LogP contribution in [0.3, 0.4) is 0 Å². The van der Waals surface area contributed by atoms with E-state index < -0.39 is 24.4 Å². The van der Waals surface area contributed by atoms with Crippen molar-refractivity contribution in [3.8, 4) is 0 Å². The van der Waals surface area contributed by atoms with E-state index in [0.717, 1.165) is 77.0 Å². The molecule has 4 atom stereocenters. The monoisotopic (exact) mass is 1080 g/mol. The SMILES string of the molecule is CCCCCCCCCCCCC(O)CN(CCC(=O)SC(C)SC(=O)CCN(CC(O)CCCCCCCCCCCC)CC(O)CCCCCCCCCCCC)CC(O)CCCCCCCCCCCC. The molecule has 442 valence electrons. The number of carbonyl (C=O) groups excluding carboxylic acids is 2. The molecular weight excluding hydrogens is 957 g/mol. The van der Waals surface area contributed by atoms with Crippen LogP contribution in [0, 0.1) is 0 Å². The Kier molecular flexibility index (Phi) is 57.3. The fourth-order valence-corrected chi connectivity index (χ4v) is 12.5. The van der Waals surface area contributed by atoms with Gasteiger partial charge in [-0.3, -0.25) is 19.4 Å². The molecule has 0 aliphatic carbocycles. The van der Waals surface area contributed by atoms with Gasteiger partial charge in [-0.1, -0.05) is 308 Å². The molecule has 0 saturated heterocycles. The third-order valence-corrected chi connectivity index (χ3v) is 17.5. The zero-order chi connectivity index (χ0) is 54.4. The van der Waals surface area contributed by atoms with E-state index in [1.165, 1.54) is 229 Å². The van der Waals surface area contributed by atoms with Gasteiger partial charge in [-0.2, -0.15) is 0 Å². The minimum absolute atomic E-state index is 0.0305. The summed E-state index contributed by atoms with van der Waals surface area (Å²) in [6.45, 7) is 13.8. The van der Waals surface area contributed by atoms with Gasteiger partial charge in [-0.05, 0) is 32.6 Å². The molecule has 0 radical (unpaired) electrons. The Labute approximate surface area is 469 Å². The van der Waals surface area contributed by atoms with Crippen molar-refractivity contribution in [1.29, 1.82) is 0 Å². The van der Waals surface area contributed by atoms with Gasteiger partial charge in [0.1, 0.15) is 0 Å². The molecule has 0 heterocycles. The highest BCUT2D eigenvalue weighted by atomic mass is 32.2. The first kappa shape index (κ1) is 73.8. The Hall–Kier alpha value is -0.200. The summed E-state index contributed by atoms with van der Waals surface area (Å²) < 4.78 is -0.232. The first-order chi connectivity index (χ1) is 36.0. The maximum atomic E-state index is 13.4. The van der Waals surface area contributed by atoms with Crippen LogP contribution in [-0.4, -0.2) is 109 Å². The minimum atomic E-state index is -0.482. The first-order valence-electron chi connectivity index (χ1n) is 32.6. The van der Waals surface area contributed by atoms with Crippen LogP contribution in [-0.2, 0) is 9.59 Å². The van der Waals surface area contributed by atoms with E-state index in [0.29, 0.717) is 52.1 Å². The summed E-state index contributed by atoms with van der Waals surface area (Å²) in [6.07, 6.45) is 52.1. The van der Waals surface area contributed by atoms with Crippen molar-refractivity contribution in [1.82, 2.24) is 9.80 Å². The molecule has 4 N–H and O–H groups in total. The van der Waals surface area contributed by atoms with Crippen molar-refractivity contribution in [2.75, 3.05) is 39.3 Å². The fraction of sp³-hybridized carbons (Fsp3) is 0.969. The highest BCUT2D eigenvalue weighted by Crippen LogP contribution is 2.27. The van der Waals surface area contributed by atoms with Crippen molar-refractivity contribution < 1.29 is 30.0 Å². The maximum Gasteiger partial charge on any atom is 0.191 e. The lowest BCUT2D eigenvalue weighted by molar-refractivity contribution is -0.112. The quantitative estimate of drug-likeness (QED) is 0.0346. The molecule has 0 aromatic rings. The Bertz CT molecular complexity index is 1020. The summed E-state index contributed by atoms with van der Waals surface area (Å²) in [7, 11) is 0. The second-order valence-corrected chi connectivity index (χ2v) is 26.2. The highest BCUT2D eigenvalue weighted by molar-refractivity contribution is 8.29. The largest absolute Gasteiger partial charge is 0.392 e. The summed E-state index contributed by atoms with van der Waals surface area (Å²) in [5, 5.41) is 44.6. The van der Waals surface area contributed by atoms with E-state index in [-0.39, 0.29) is 14.8 Å². The van der Waals surface area contributed by atoms with Crippen LogP contribution in [0.2, 0.25) is 0 Å². The van der Waals surface area contributed by atoms with Crippen LogP contribution in [0.5, 0.6) is 0 Å². The van der Waals surface area contributed by atoms with Gasteiger partial charge in [0.15, 0.2) is 10.2 Å². The Balaban J connectivity index is 5.13. The molecule has 74 heavy (non-hydrogen) atoms. The third kappa shape index (κ3) is 53.8. The summed E-state index contributed by atoms with van der Waals surface area (Å²) >= 11 is 2.44. The smallest absolute Gasteiger partial charge is 0.191 e. The molecule has 4 unspecified atom stereocenters. The fourth-order valence-electron chi connectivity index (χ4n) is 10.6. The number of nitrogens with zero attached hydrogens (tertiary/aromatic N) is 2. The molecule has 0 aromatic carbocycles. The minimum Gasteiger partial charge on any atom is -0.392 e. The Morgan fingerprint density at radius 2 is 0.486 bits per heavy atom. The molecule has 0 amide bonds. The molecule has 0 saturated carbocycles. The normalized spacial score (nSPS) is 14.0. The summed E-state index contributed by atoms with van der Waals surface area (Å²) in [6, 6.07) is 0. The van der Waals surface area contributed by atoms with Gasteiger partial charge in [0.05, 0.1) is 29.0 Å². The van der Waals surface area contributed by atoms with Gasteiger partial charge in [-0.25, -0.2) is 0 Å². The second-order valence-electron chi connectivity index (χ2n) is 23.1. The second kappa shape index (κ2) is 57.5. The van der Waals surface area contributed by atoms with Crippen molar-refractivity contribution in [2.24, 2.45) is 0 Å². The number of hydrogen-bond acceptors (Lipinski definition) is 10. The summed E-state index contributed by atoms with van der Waals surface area (Å²) in [5.41, 5.74) is 0. The van der Waals surface area contributed by atoms with Crippen molar-refractivity contribution in [2.45, 2.75) is 359 Å². The molecule has 8 nitrogen and oxygen atoms in total. The summed E-state index contributed by atoms with van der Waals surface area (Å²) in [4.78, 5) is 31.0. The van der Waals surface area contributed by atoms with Crippen LogP contribution in [0.15, 0.2) is 0 Å². The molecule has 0 aliphatic heterocycles. The third-order valence-electron chi connectivity index (χ3n) is 15.3. The number of thioether (sulfide) groups is 2. The van der Waals surface area contributed by atoms with E-state index in [9.17, 15) is 30.0 Å². The van der Waals surface area contributed by atoms with E-state index in [1.807, 2.05) is 6.92 Å². The number of unbranched alkanes of at least 4 members (excludes halogenated alkanes) is 36. The first-order valence-corrected chi connectivity index (χ1v) is 34.4. The van der Waals surface area contributed by atoms with Crippen LogP contribution in [0.25, 0.3) is 0 Å². The van der Waals surface area contributed by atoms with Crippen LogP contribution in [0.4, 0.5) is 0 Å². The Morgan fingerprint density at radius 1 is 0.311 bits per heavy atom. The van der Waals surface area contributed by atoms with Gasteiger partial charge >= 0.3 is 0 Å². The zero-order valence-corrected chi connectivity index (χ0v) is 51.6. The average Bonchev–Trinajstić information content (AvgIpc) is 3.37. The van der Waals surface area contributed by atoms with E-state index in [4.69, 9.17) is 0 Å². The van der Waals surface area contributed by atoms with Crippen molar-refractivity contribution in [3.63, 3.8) is 0 Å². The van der Waals surface area contributed by atoms with Gasteiger partial charge in [0.2, 0.25) is 0 Å². The number of aliphatic hydroxyl groups excluding tert-OH is 4. The number of aliphatic hydroxyl groups is 4. The molecular formula is C64H128N2O6S2. The topological polar surface area (TPSA) is 122 Å². The molecule has 0 fully saturated rings. The van der Waals surface area contributed by atoms with Crippen LogP contribution < -0.4 is 0 Å². The predicted molar refractivity (Wildman–Crippen MR) is 327 cm³/mol. The highest BCUT2D eigenvalue weighted by Gasteiger charge is 2.22. The predicted octanol–water partition coefficient (Wildman–Crippen LogP) is 17.9. The summed E-state index contributed by atoms with van der Waals surface area (Å²) in [5.74, 6) is 0. The van der Waals surface area contributed by atoms with Gasteiger partial charge in [0, 0.05) is 52.1 Å². The lowest BCUT2D eigenvalue weighted by Crippen LogP contribution is -2.39. The van der Waals surface area contributed by atoms with Crippen molar-refractivity contribution >= 4 is 33.8 Å². The van der Waals surface area contributed by atoms with Crippen LogP contribution in [0.1, 0.15) is 330 Å². The van der Waals surface area contributed by atoms with Gasteiger partial charge in [0.25, 0.3) is 0 Å². The number of carbonyl (C=O) groups is 2. The molecule has 0 aromatic heterocycles. The standard InChI is InChI=1S/C64H128N2O6S2/c1-6-10-14-18-22-26-30-34-38-42-46-59(67)54-65(55-60(68)47-43-39-35-31-27-23-19-15-11-7-2)52-50-63(71)73-58(5)74-64(72)51-53-66(56-61(69)48-44-40-36-32-28-24-20-16-12-8-3)57-62(70)49-45-41-37-33-29-25-21-17-13-9-4/h58-62,67-70H,6-57H2,1-5H3. The Morgan fingerprint density at radius 3 is 0.676 bits per heavy atom. The molecule has 0 aliphatic rings. The van der Waals surface area contributed by atoms with Gasteiger partial charge in [-0.15, -0.1) is 0 Å². The molecule has 0 bridgehead atoms. The zero-order valence-electron chi connectivity index (χ0n) is 50.0. The van der Waals surface area contributed by atoms with Crippen molar-refractivity contribution in [3.05, 3.63) is 0 Å². The van der Waals surface area contributed by atoms with Crippen LogP contribution >= 0.6 is 23.5 Å². The number of rotatable bonds is 60.